The number of carboxylic acids is 1. The number of aromatic carboxylic acids is 1. The molecule has 1 amide bonds. The first kappa shape index (κ1) is 22.7. The van der Waals surface area contributed by atoms with Gasteiger partial charge in [0.1, 0.15) is 11.2 Å². The lowest BCUT2D eigenvalue weighted by molar-refractivity contribution is 0.0516. The highest BCUT2D eigenvalue weighted by molar-refractivity contribution is 5.89. The highest BCUT2D eigenvalue weighted by Crippen LogP contribution is 2.54. The van der Waals surface area contributed by atoms with Crippen LogP contribution >= 0.6 is 0 Å². The normalized spacial score (nSPS) is 24.0. The van der Waals surface area contributed by atoms with Crippen LogP contribution in [0, 0.1) is 18.2 Å². The highest BCUT2D eigenvalue weighted by Gasteiger charge is 2.58. The van der Waals surface area contributed by atoms with E-state index in [0.717, 1.165) is 37.4 Å². The molecule has 3 heterocycles. The molecule has 2 saturated carbocycles. The van der Waals surface area contributed by atoms with E-state index in [9.17, 15) is 19.5 Å². The molecule has 5 rings (SSSR count). The summed E-state index contributed by atoms with van der Waals surface area (Å²) in [6.45, 7) is 8.48. The Morgan fingerprint density at radius 3 is 2.62 bits per heavy atom. The number of hydrogen-bond acceptors (Lipinski definition) is 5. The molecular formula is C25H30FN3O5. The number of nitrogens with zero attached hydrogens (tertiary/aromatic N) is 2. The van der Waals surface area contributed by atoms with E-state index in [1.807, 2.05) is 25.7 Å². The zero-order valence-electron chi connectivity index (χ0n) is 19.9. The van der Waals surface area contributed by atoms with E-state index in [-0.39, 0.29) is 22.9 Å². The van der Waals surface area contributed by atoms with Gasteiger partial charge in [-0.3, -0.25) is 9.20 Å². The van der Waals surface area contributed by atoms with Crippen LogP contribution in [0.3, 0.4) is 0 Å². The van der Waals surface area contributed by atoms with Gasteiger partial charge in [-0.15, -0.1) is 0 Å². The van der Waals surface area contributed by atoms with E-state index in [1.54, 1.807) is 6.92 Å². The number of amides is 1. The lowest BCUT2D eigenvalue weighted by atomic mass is 10.0. The Morgan fingerprint density at radius 2 is 2.00 bits per heavy atom. The van der Waals surface area contributed by atoms with Crippen molar-refractivity contribution in [3.63, 3.8) is 0 Å². The third-order valence-electron chi connectivity index (χ3n) is 7.27. The van der Waals surface area contributed by atoms with Crippen molar-refractivity contribution in [2.24, 2.45) is 5.41 Å². The summed E-state index contributed by atoms with van der Waals surface area (Å²) in [7, 11) is 0. The molecule has 0 bridgehead atoms. The molecular weight excluding hydrogens is 441 g/mol. The molecule has 1 spiro atoms. The molecule has 3 fully saturated rings. The SMILES string of the molecule is Cc1c(N2CC[C@@]3(C[C@H]3NC(=O)OC(C)(C)C)C2)c(F)cn2c(=O)c(C(=O)O)cc(C3CC3)c12. The number of rotatable bonds is 4. The largest absolute Gasteiger partial charge is 0.477 e. The van der Waals surface area contributed by atoms with E-state index in [2.05, 4.69) is 5.32 Å². The number of alkyl carbamates (subject to hydrolysis) is 1. The summed E-state index contributed by atoms with van der Waals surface area (Å²) in [6.07, 6.45) is 4.16. The number of aromatic nitrogens is 1. The summed E-state index contributed by atoms with van der Waals surface area (Å²) < 4.78 is 22.0. The Kier molecular flexibility index (Phi) is 4.97. The van der Waals surface area contributed by atoms with Gasteiger partial charge in [-0.2, -0.15) is 0 Å². The first-order chi connectivity index (χ1) is 15.9. The molecule has 2 aliphatic carbocycles. The molecule has 2 aromatic heterocycles. The van der Waals surface area contributed by atoms with Gasteiger partial charge in [0.05, 0.1) is 17.4 Å². The fourth-order valence-electron chi connectivity index (χ4n) is 5.43. The van der Waals surface area contributed by atoms with Crippen LogP contribution in [-0.4, -0.2) is 46.3 Å². The molecule has 34 heavy (non-hydrogen) atoms. The van der Waals surface area contributed by atoms with Crippen LogP contribution in [0.1, 0.15) is 73.9 Å². The molecule has 0 radical (unpaired) electrons. The van der Waals surface area contributed by atoms with Crippen molar-refractivity contribution in [3.8, 4) is 0 Å². The topological polar surface area (TPSA) is 100 Å². The van der Waals surface area contributed by atoms with E-state index in [1.165, 1.54) is 10.5 Å². The van der Waals surface area contributed by atoms with Crippen LogP contribution in [0.2, 0.25) is 0 Å². The Bertz CT molecular complexity index is 1280. The number of carboxylic acid groups (broad SMARTS) is 1. The fourth-order valence-corrected chi connectivity index (χ4v) is 5.43. The summed E-state index contributed by atoms with van der Waals surface area (Å²) in [4.78, 5) is 38.6. The minimum absolute atomic E-state index is 0.0149. The lowest BCUT2D eigenvalue weighted by Gasteiger charge is -2.24. The summed E-state index contributed by atoms with van der Waals surface area (Å²) in [5, 5.41) is 12.4. The average molecular weight is 472 g/mol. The maximum atomic E-state index is 15.4. The third-order valence-corrected chi connectivity index (χ3v) is 7.27. The zero-order chi connectivity index (χ0) is 24.6. The van der Waals surface area contributed by atoms with Crippen molar-refractivity contribution in [1.29, 1.82) is 0 Å². The molecule has 0 aromatic carbocycles. The first-order valence-corrected chi connectivity index (χ1v) is 11.8. The minimum Gasteiger partial charge on any atom is -0.477 e. The Hall–Kier alpha value is -3.10. The fraction of sp³-hybridized carbons (Fsp3) is 0.560. The van der Waals surface area contributed by atoms with E-state index in [4.69, 9.17) is 4.74 Å². The number of aryl methyl sites for hydroxylation is 1. The zero-order valence-corrected chi connectivity index (χ0v) is 19.9. The molecule has 2 N–H and O–H groups in total. The number of hydrogen-bond donors (Lipinski definition) is 2. The van der Waals surface area contributed by atoms with Crippen LogP contribution in [0.25, 0.3) is 5.52 Å². The minimum atomic E-state index is -1.30. The van der Waals surface area contributed by atoms with Crippen molar-refractivity contribution < 1.29 is 23.8 Å². The van der Waals surface area contributed by atoms with Crippen LogP contribution < -0.4 is 15.8 Å². The number of pyridine rings is 2. The van der Waals surface area contributed by atoms with Gasteiger partial charge in [-0.25, -0.2) is 14.0 Å². The first-order valence-electron chi connectivity index (χ1n) is 11.8. The van der Waals surface area contributed by atoms with Crippen molar-refractivity contribution in [3.05, 3.63) is 45.1 Å². The van der Waals surface area contributed by atoms with Gasteiger partial charge in [-0.05, 0) is 76.5 Å². The molecule has 8 nitrogen and oxygen atoms in total. The average Bonchev–Trinajstić information content (AvgIpc) is 3.61. The number of halogens is 1. The predicted molar refractivity (Wildman–Crippen MR) is 124 cm³/mol. The number of carbonyl (C=O) groups is 2. The van der Waals surface area contributed by atoms with E-state index >= 15 is 4.39 Å². The second-order valence-corrected chi connectivity index (χ2v) is 11.0. The molecule has 182 valence electrons. The van der Waals surface area contributed by atoms with Gasteiger partial charge in [-0.1, -0.05) is 0 Å². The van der Waals surface area contributed by atoms with E-state index in [0.29, 0.717) is 29.9 Å². The van der Waals surface area contributed by atoms with Crippen LogP contribution in [0.15, 0.2) is 17.1 Å². The van der Waals surface area contributed by atoms with E-state index < -0.39 is 29.0 Å². The van der Waals surface area contributed by atoms with Gasteiger partial charge in [0.15, 0.2) is 5.82 Å². The molecule has 9 heteroatoms. The maximum absolute atomic E-state index is 15.4. The molecule has 2 atom stereocenters. The molecule has 1 saturated heterocycles. The molecule has 1 aliphatic heterocycles. The maximum Gasteiger partial charge on any atom is 0.407 e. The Balaban J connectivity index is 1.46. The number of ether oxygens (including phenoxy) is 1. The van der Waals surface area contributed by atoms with Crippen LogP contribution in [-0.2, 0) is 4.74 Å². The summed E-state index contributed by atoms with van der Waals surface area (Å²) in [5.74, 6) is -1.67. The van der Waals surface area contributed by atoms with Gasteiger partial charge in [0, 0.05) is 24.5 Å². The Labute approximate surface area is 196 Å². The number of nitrogens with one attached hydrogen (secondary N) is 1. The Morgan fingerprint density at radius 1 is 1.29 bits per heavy atom. The summed E-state index contributed by atoms with van der Waals surface area (Å²) in [6, 6.07) is 1.46. The molecule has 0 unspecified atom stereocenters. The number of anilines is 1. The number of fused-ring (bicyclic) bond motifs is 1. The molecule has 3 aliphatic rings. The van der Waals surface area contributed by atoms with Crippen molar-refractivity contribution >= 4 is 23.3 Å². The van der Waals surface area contributed by atoms with Gasteiger partial charge in [0.25, 0.3) is 5.56 Å². The predicted octanol–water partition coefficient (Wildman–Crippen LogP) is 3.82. The van der Waals surface area contributed by atoms with Crippen molar-refractivity contribution in [2.75, 3.05) is 18.0 Å². The van der Waals surface area contributed by atoms with Gasteiger partial charge < -0.3 is 20.1 Å². The van der Waals surface area contributed by atoms with Crippen LogP contribution in [0.5, 0.6) is 0 Å². The van der Waals surface area contributed by atoms with Crippen LogP contribution in [0.4, 0.5) is 14.9 Å². The smallest absolute Gasteiger partial charge is 0.407 e. The quantitative estimate of drug-likeness (QED) is 0.703. The standard InChI is InChI=1S/C25H30FN3O5/c1-13-19-15(14-5-6-14)9-16(22(31)32)21(30)29(19)11-17(26)20(13)28-8-7-25(12-28)10-18(25)27-23(33)34-24(2,3)4/h9,11,14,18H,5-8,10,12H2,1-4H3,(H,27,33)(H,31,32)/t18-,25-/m1/s1. The monoisotopic (exact) mass is 471 g/mol. The van der Waals surface area contributed by atoms with Crippen molar-refractivity contribution in [1.82, 2.24) is 9.72 Å². The highest BCUT2D eigenvalue weighted by atomic mass is 19.1. The summed E-state index contributed by atoms with van der Waals surface area (Å²) >= 11 is 0. The summed E-state index contributed by atoms with van der Waals surface area (Å²) in [5.41, 5.74) is 0.747. The van der Waals surface area contributed by atoms with Gasteiger partial charge in [0.2, 0.25) is 0 Å². The second kappa shape index (κ2) is 7.45. The van der Waals surface area contributed by atoms with Crippen molar-refractivity contribution in [2.45, 2.75) is 70.9 Å². The number of carbonyl (C=O) groups excluding carboxylic acids is 1. The second-order valence-electron chi connectivity index (χ2n) is 11.0. The molecule has 2 aromatic rings. The lowest BCUT2D eigenvalue weighted by Crippen LogP contribution is -2.36. The third kappa shape index (κ3) is 3.80. The van der Waals surface area contributed by atoms with Gasteiger partial charge >= 0.3 is 12.1 Å².